The highest BCUT2D eigenvalue weighted by molar-refractivity contribution is 5.85. The van der Waals surface area contributed by atoms with E-state index in [1.807, 2.05) is 0 Å². The number of carbonyl (C=O) groups excluding carboxylic acids is 1. The molecule has 0 unspecified atom stereocenters. The first kappa shape index (κ1) is 5.76. The van der Waals surface area contributed by atoms with E-state index in [9.17, 15) is 4.79 Å². The van der Waals surface area contributed by atoms with Gasteiger partial charge in [0.1, 0.15) is 5.78 Å². The van der Waals surface area contributed by atoms with Crippen molar-refractivity contribution in [3.05, 3.63) is 0 Å². The molecular weight excluding hydrogens is 102 g/mol. The standard InChI is InChI=1S/C6H11NO/c1-6(4-7)2-5(8)3-6/h2-4,7H2,1H3. The third kappa shape index (κ3) is 0.757. The van der Waals surface area contributed by atoms with Crippen LogP contribution in [0.15, 0.2) is 0 Å². The Balaban J connectivity index is 2.40. The van der Waals surface area contributed by atoms with Crippen molar-refractivity contribution in [3.8, 4) is 0 Å². The number of Topliss-reactive ketones (excluding diaryl/α,β-unsaturated/α-hetero) is 1. The van der Waals surface area contributed by atoms with Gasteiger partial charge in [0.25, 0.3) is 0 Å². The smallest absolute Gasteiger partial charge is 0.134 e. The zero-order valence-electron chi connectivity index (χ0n) is 5.11. The lowest BCUT2D eigenvalue weighted by Gasteiger charge is -2.35. The molecule has 0 aromatic rings. The number of hydrogen-bond donors (Lipinski definition) is 1. The minimum Gasteiger partial charge on any atom is -0.330 e. The normalized spacial score (nSPS) is 25.0. The first-order chi connectivity index (χ1) is 3.66. The average Bonchev–Trinajstić information content (AvgIpc) is 1.63. The largest absolute Gasteiger partial charge is 0.330 e. The molecule has 2 nitrogen and oxygen atoms in total. The van der Waals surface area contributed by atoms with Crippen molar-refractivity contribution in [3.63, 3.8) is 0 Å². The van der Waals surface area contributed by atoms with Crippen LogP contribution in [-0.2, 0) is 4.79 Å². The van der Waals surface area contributed by atoms with Crippen LogP contribution < -0.4 is 5.73 Å². The SMILES string of the molecule is CC1(CN)CC(=O)C1. The van der Waals surface area contributed by atoms with E-state index >= 15 is 0 Å². The molecule has 0 saturated heterocycles. The van der Waals surface area contributed by atoms with Crippen LogP contribution in [0.25, 0.3) is 0 Å². The Kier molecular flexibility index (Phi) is 1.12. The van der Waals surface area contributed by atoms with E-state index in [2.05, 4.69) is 6.92 Å². The molecule has 0 aromatic carbocycles. The highest BCUT2D eigenvalue weighted by Crippen LogP contribution is 2.35. The molecule has 1 aliphatic carbocycles. The summed E-state index contributed by atoms with van der Waals surface area (Å²) in [5, 5.41) is 0. The Bertz CT molecular complexity index is 112. The lowest BCUT2D eigenvalue weighted by Crippen LogP contribution is -2.40. The van der Waals surface area contributed by atoms with E-state index in [-0.39, 0.29) is 5.41 Å². The minimum atomic E-state index is 0.164. The van der Waals surface area contributed by atoms with Gasteiger partial charge in [-0.2, -0.15) is 0 Å². The summed E-state index contributed by atoms with van der Waals surface area (Å²) in [5.41, 5.74) is 5.54. The van der Waals surface area contributed by atoms with Crippen LogP contribution in [0, 0.1) is 5.41 Å². The van der Waals surface area contributed by atoms with Crippen LogP contribution in [0.5, 0.6) is 0 Å². The van der Waals surface area contributed by atoms with Crippen molar-refractivity contribution in [2.24, 2.45) is 11.1 Å². The molecule has 1 rings (SSSR count). The molecule has 1 fully saturated rings. The number of hydrogen-bond acceptors (Lipinski definition) is 2. The van der Waals surface area contributed by atoms with Gasteiger partial charge >= 0.3 is 0 Å². The molecule has 0 atom stereocenters. The maximum Gasteiger partial charge on any atom is 0.134 e. The number of ketones is 1. The lowest BCUT2D eigenvalue weighted by atomic mass is 9.70. The molecule has 2 heteroatoms. The third-order valence-electron chi connectivity index (χ3n) is 1.74. The summed E-state index contributed by atoms with van der Waals surface area (Å²) < 4.78 is 0. The first-order valence-corrected chi connectivity index (χ1v) is 2.88. The predicted molar refractivity (Wildman–Crippen MR) is 31.4 cm³/mol. The van der Waals surface area contributed by atoms with Gasteiger partial charge in [-0.05, 0) is 12.0 Å². The van der Waals surface area contributed by atoms with Crippen LogP contribution in [0.2, 0.25) is 0 Å². The molecule has 8 heavy (non-hydrogen) atoms. The van der Waals surface area contributed by atoms with Gasteiger partial charge in [0, 0.05) is 12.8 Å². The fraction of sp³-hybridized carbons (Fsp3) is 0.833. The van der Waals surface area contributed by atoms with E-state index in [0.717, 1.165) is 0 Å². The molecule has 0 spiro atoms. The van der Waals surface area contributed by atoms with Crippen molar-refractivity contribution < 1.29 is 4.79 Å². The van der Waals surface area contributed by atoms with Gasteiger partial charge in [-0.25, -0.2) is 0 Å². The zero-order chi connectivity index (χ0) is 6.20. The van der Waals surface area contributed by atoms with Gasteiger partial charge in [-0.3, -0.25) is 4.79 Å². The van der Waals surface area contributed by atoms with Gasteiger partial charge in [0.15, 0.2) is 0 Å². The molecule has 2 N–H and O–H groups in total. The zero-order valence-corrected chi connectivity index (χ0v) is 5.11. The highest BCUT2D eigenvalue weighted by atomic mass is 16.1. The van der Waals surface area contributed by atoms with Gasteiger partial charge in [0.2, 0.25) is 0 Å². The van der Waals surface area contributed by atoms with Gasteiger partial charge in [-0.15, -0.1) is 0 Å². The molecule has 0 heterocycles. The maximum absolute atomic E-state index is 10.4. The summed E-state index contributed by atoms with van der Waals surface area (Å²) in [6.45, 7) is 2.70. The quantitative estimate of drug-likeness (QED) is 0.532. The van der Waals surface area contributed by atoms with E-state index in [0.29, 0.717) is 25.2 Å². The molecule has 1 saturated carbocycles. The maximum atomic E-state index is 10.4. The van der Waals surface area contributed by atoms with Gasteiger partial charge < -0.3 is 5.73 Å². The Morgan fingerprint density at radius 2 is 2.25 bits per heavy atom. The van der Waals surface area contributed by atoms with Crippen molar-refractivity contribution in [1.29, 1.82) is 0 Å². The summed E-state index contributed by atoms with van der Waals surface area (Å²) >= 11 is 0. The van der Waals surface area contributed by atoms with Crippen LogP contribution >= 0.6 is 0 Å². The fourth-order valence-electron chi connectivity index (χ4n) is 1.04. The predicted octanol–water partition coefficient (Wildman–Crippen LogP) is 0.314. The molecule has 0 amide bonds. The average molecular weight is 113 g/mol. The molecular formula is C6H11NO. The summed E-state index contributed by atoms with van der Waals surface area (Å²) in [6, 6.07) is 0. The summed E-state index contributed by atoms with van der Waals surface area (Å²) in [6.07, 6.45) is 1.40. The molecule has 0 aromatic heterocycles. The second-order valence-corrected chi connectivity index (χ2v) is 2.91. The number of rotatable bonds is 1. The summed E-state index contributed by atoms with van der Waals surface area (Å²) in [5.74, 6) is 0.359. The minimum absolute atomic E-state index is 0.164. The second kappa shape index (κ2) is 1.55. The molecule has 0 radical (unpaired) electrons. The van der Waals surface area contributed by atoms with Crippen molar-refractivity contribution in [1.82, 2.24) is 0 Å². The van der Waals surface area contributed by atoms with Gasteiger partial charge in [-0.1, -0.05) is 6.92 Å². The van der Waals surface area contributed by atoms with Crippen molar-refractivity contribution in [2.45, 2.75) is 19.8 Å². The topological polar surface area (TPSA) is 43.1 Å². The van der Waals surface area contributed by atoms with Crippen LogP contribution in [0.3, 0.4) is 0 Å². The van der Waals surface area contributed by atoms with Crippen LogP contribution in [0.4, 0.5) is 0 Å². The van der Waals surface area contributed by atoms with E-state index in [4.69, 9.17) is 5.73 Å². The van der Waals surface area contributed by atoms with E-state index in [1.165, 1.54) is 0 Å². The Morgan fingerprint density at radius 1 is 1.75 bits per heavy atom. The summed E-state index contributed by atoms with van der Waals surface area (Å²) in [7, 11) is 0. The Hall–Kier alpha value is -0.370. The monoisotopic (exact) mass is 113 g/mol. The van der Waals surface area contributed by atoms with Gasteiger partial charge in [0.05, 0.1) is 0 Å². The Labute approximate surface area is 49.1 Å². The second-order valence-electron chi connectivity index (χ2n) is 2.91. The van der Waals surface area contributed by atoms with E-state index < -0.39 is 0 Å². The number of nitrogens with two attached hydrogens (primary N) is 1. The van der Waals surface area contributed by atoms with E-state index in [1.54, 1.807) is 0 Å². The number of carbonyl (C=O) groups is 1. The molecule has 1 aliphatic rings. The summed E-state index contributed by atoms with van der Waals surface area (Å²) in [4.78, 5) is 10.4. The third-order valence-corrected chi connectivity index (χ3v) is 1.74. The molecule has 46 valence electrons. The van der Waals surface area contributed by atoms with Crippen LogP contribution in [-0.4, -0.2) is 12.3 Å². The Morgan fingerprint density at radius 3 is 2.38 bits per heavy atom. The first-order valence-electron chi connectivity index (χ1n) is 2.88. The lowest BCUT2D eigenvalue weighted by molar-refractivity contribution is -0.131. The highest BCUT2D eigenvalue weighted by Gasteiger charge is 2.37. The van der Waals surface area contributed by atoms with Crippen molar-refractivity contribution in [2.75, 3.05) is 6.54 Å². The molecule has 0 bridgehead atoms. The molecule has 0 aliphatic heterocycles. The van der Waals surface area contributed by atoms with Crippen LogP contribution in [0.1, 0.15) is 19.8 Å². The van der Waals surface area contributed by atoms with Crippen molar-refractivity contribution >= 4 is 5.78 Å². The fourth-order valence-corrected chi connectivity index (χ4v) is 1.04.